The van der Waals surface area contributed by atoms with Crippen molar-refractivity contribution in [3.05, 3.63) is 65.7 Å². The van der Waals surface area contributed by atoms with Crippen LogP contribution < -0.4 is 10.1 Å². The zero-order chi connectivity index (χ0) is 21.3. The van der Waals surface area contributed by atoms with Gasteiger partial charge in [0, 0.05) is 13.1 Å². The van der Waals surface area contributed by atoms with Crippen LogP contribution in [0, 0.1) is 0 Å². The largest absolute Gasteiger partial charge is 0.497 e. The zero-order valence-corrected chi connectivity index (χ0v) is 18.5. The molecule has 1 aliphatic rings. The number of carbonyl (C=O) groups excluding carboxylic acids is 1. The maximum atomic E-state index is 13.1. The number of likely N-dealkylation sites (N-methyl/N-ethyl adjacent to an activating group) is 1. The lowest BCUT2D eigenvalue weighted by atomic mass is 10.0. The van der Waals surface area contributed by atoms with Gasteiger partial charge in [-0.05, 0) is 55.7 Å². The number of amides is 1. The van der Waals surface area contributed by atoms with Crippen LogP contribution in [0.5, 0.6) is 5.75 Å². The van der Waals surface area contributed by atoms with Gasteiger partial charge in [0.05, 0.1) is 19.2 Å². The summed E-state index contributed by atoms with van der Waals surface area (Å²) in [7, 11) is 1.69. The summed E-state index contributed by atoms with van der Waals surface area (Å²) in [6.45, 7) is 8.59. The smallest absolute Gasteiger partial charge is 0.237 e. The van der Waals surface area contributed by atoms with Gasteiger partial charge in [-0.15, -0.1) is 0 Å². The van der Waals surface area contributed by atoms with Crippen LogP contribution in [0.15, 0.2) is 54.6 Å². The summed E-state index contributed by atoms with van der Waals surface area (Å²) in [6, 6.07) is 18.7. The van der Waals surface area contributed by atoms with Crippen molar-refractivity contribution in [3.63, 3.8) is 0 Å². The molecule has 1 amide bonds. The van der Waals surface area contributed by atoms with E-state index in [2.05, 4.69) is 65.4 Å². The molecule has 0 aromatic heterocycles. The Morgan fingerprint density at radius 1 is 1.17 bits per heavy atom. The number of hydrogen-bond acceptors (Lipinski definition) is 4. The number of nitrogens with one attached hydrogen (secondary N) is 1. The predicted octanol–water partition coefficient (Wildman–Crippen LogP) is 3.86. The molecular formula is C25H35N3O2. The van der Waals surface area contributed by atoms with Crippen molar-refractivity contribution in [2.75, 3.05) is 33.3 Å². The maximum Gasteiger partial charge on any atom is 0.237 e. The Morgan fingerprint density at radius 2 is 1.93 bits per heavy atom. The Hall–Kier alpha value is -2.37. The second kappa shape index (κ2) is 11.1. The number of ether oxygens (including phenoxy) is 1. The lowest BCUT2D eigenvalue weighted by Gasteiger charge is -2.31. The van der Waals surface area contributed by atoms with Gasteiger partial charge in [-0.1, -0.05) is 56.3 Å². The lowest BCUT2D eigenvalue weighted by Crippen LogP contribution is -2.46. The molecule has 30 heavy (non-hydrogen) atoms. The summed E-state index contributed by atoms with van der Waals surface area (Å²) in [6.07, 6.45) is 1.99. The second-order valence-corrected chi connectivity index (χ2v) is 7.87. The highest BCUT2D eigenvalue weighted by atomic mass is 16.5. The van der Waals surface area contributed by atoms with Gasteiger partial charge in [0.25, 0.3) is 0 Å². The van der Waals surface area contributed by atoms with Crippen LogP contribution in [0.2, 0.25) is 0 Å². The molecule has 0 spiro atoms. The molecule has 2 aromatic rings. The molecule has 1 N–H and O–H groups in total. The molecule has 5 nitrogen and oxygen atoms in total. The van der Waals surface area contributed by atoms with Crippen LogP contribution in [0.4, 0.5) is 0 Å². The minimum absolute atomic E-state index is 0.0483. The predicted molar refractivity (Wildman–Crippen MR) is 122 cm³/mol. The first kappa shape index (κ1) is 22.3. The van der Waals surface area contributed by atoms with Gasteiger partial charge in [-0.2, -0.15) is 0 Å². The van der Waals surface area contributed by atoms with Crippen molar-refractivity contribution >= 4 is 5.91 Å². The number of nitrogens with zero attached hydrogens (tertiary/aromatic N) is 2. The van der Waals surface area contributed by atoms with E-state index in [4.69, 9.17) is 4.74 Å². The van der Waals surface area contributed by atoms with E-state index in [0.717, 1.165) is 44.8 Å². The molecule has 2 unspecified atom stereocenters. The van der Waals surface area contributed by atoms with E-state index >= 15 is 0 Å². The number of likely N-dealkylation sites (tertiary alicyclic amines) is 1. The van der Waals surface area contributed by atoms with E-state index in [1.165, 1.54) is 11.1 Å². The van der Waals surface area contributed by atoms with Crippen molar-refractivity contribution < 1.29 is 9.53 Å². The summed E-state index contributed by atoms with van der Waals surface area (Å²) >= 11 is 0. The monoisotopic (exact) mass is 409 g/mol. The van der Waals surface area contributed by atoms with Crippen LogP contribution in [0.25, 0.3) is 0 Å². The highest BCUT2D eigenvalue weighted by Gasteiger charge is 2.31. The SMILES string of the molecule is CCN(CC)C(CNC(=O)C1CCCN1Cc1ccccc1)c1cccc(OC)c1. The van der Waals surface area contributed by atoms with Crippen LogP contribution in [-0.2, 0) is 11.3 Å². The Balaban J connectivity index is 1.67. The van der Waals surface area contributed by atoms with E-state index in [9.17, 15) is 4.79 Å². The minimum Gasteiger partial charge on any atom is -0.497 e. The van der Waals surface area contributed by atoms with Gasteiger partial charge >= 0.3 is 0 Å². The van der Waals surface area contributed by atoms with Crippen molar-refractivity contribution in [1.29, 1.82) is 0 Å². The summed E-state index contributed by atoms with van der Waals surface area (Å²) in [5.74, 6) is 0.990. The minimum atomic E-state index is -0.0483. The molecule has 0 aliphatic carbocycles. The van der Waals surface area contributed by atoms with Gasteiger partial charge < -0.3 is 10.1 Å². The Labute approximate surface area is 181 Å². The molecule has 2 atom stereocenters. The Morgan fingerprint density at radius 3 is 2.63 bits per heavy atom. The van der Waals surface area contributed by atoms with Gasteiger partial charge in [-0.3, -0.25) is 14.6 Å². The standard InChI is InChI=1S/C25H35N3O2/c1-4-27(5-2)24(21-13-9-14-22(17-21)30-3)18-26-25(29)23-15-10-16-28(23)19-20-11-7-6-8-12-20/h6-9,11-14,17,23-24H,4-5,10,15-16,18-19H2,1-3H3,(H,26,29). The fourth-order valence-corrected chi connectivity index (χ4v) is 4.42. The first-order chi connectivity index (χ1) is 14.7. The third-order valence-corrected chi connectivity index (χ3v) is 6.10. The quantitative estimate of drug-likeness (QED) is 0.647. The molecular weight excluding hydrogens is 374 g/mol. The molecule has 3 rings (SSSR count). The molecule has 0 bridgehead atoms. The van der Waals surface area contributed by atoms with Gasteiger partial charge in [0.2, 0.25) is 5.91 Å². The van der Waals surface area contributed by atoms with Crippen LogP contribution in [0.1, 0.15) is 43.9 Å². The number of hydrogen-bond donors (Lipinski definition) is 1. The molecule has 1 aliphatic heterocycles. The van der Waals surface area contributed by atoms with E-state index < -0.39 is 0 Å². The first-order valence-corrected chi connectivity index (χ1v) is 11.1. The summed E-state index contributed by atoms with van der Waals surface area (Å²) in [5.41, 5.74) is 2.43. The number of rotatable bonds is 10. The summed E-state index contributed by atoms with van der Waals surface area (Å²) in [4.78, 5) is 17.8. The average molecular weight is 410 g/mol. The molecule has 1 saturated heterocycles. The van der Waals surface area contributed by atoms with Crippen molar-refractivity contribution in [2.45, 2.75) is 45.3 Å². The van der Waals surface area contributed by atoms with Crippen molar-refractivity contribution in [2.24, 2.45) is 0 Å². The third kappa shape index (κ3) is 5.61. The Kier molecular flexibility index (Phi) is 8.29. The highest BCUT2D eigenvalue weighted by molar-refractivity contribution is 5.82. The fourth-order valence-electron chi connectivity index (χ4n) is 4.42. The molecule has 2 aromatic carbocycles. The molecule has 1 heterocycles. The zero-order valence-electron chi connectivity index (χ0n) is 18.5. The molecule has 1 fully saturated rings. The molecule has 0 radical (unpaired) electrons. The molecule has 5 heteroatoms. The highest BCUT2D eigenvalue weighted by Crippen LogP contribution is 2.25. The first-order valence-electron chi connectivity index (χ1n) is 11.1. The second-order valence-electron chi connectivity index (χ2n) is 7.87. The van der Waals surface area contributed by atoms with E-state index in [1.54, 1.807) is 7.11 Å². The third-order valence-electron chi connectivity index (χ3n) is 6.10. The van der Waals surface area contributed by atoms with Crippen LogP contribution >= 0.6 is 0 Å². The van der Waals surface area contributed by atoms with Gasteiger partial charge in [-0.25, -0.2) is 0 Å². The summed E-state index contributed by atoms with van der Waals surface area (Å²) in [5, 5.41) is 3.26. The van der Waals surface area contributed by atoms with Gasteiger partial charge in [0.1, 0.15) is 5.75 Å². The number of carbonyl (C=O) groups is 1. The average Bonchev–Trinajstić information content (AvgIpc) is 3.25. The number of benzene rings is 2. The maximum absolute atomic E-state index is 13.1. The fraction of sp³-hybridized carbons (Fsp3) is 0.480. The van der Waals surface area contributed by atoms with E-state index in [1.807, 2.05) is 18.2 Å². The molecule has 162 valence electrons. The normalized spacial score (nSPS) is 17.8. The van der Waals surface area contributed by atoms with Crippen molar-refractivity contribution in [3.8, 4) is 5.75 Å². The van der Waals surface area contributed by atoms with Crippen LogP contribution in [-0.4, -0.2) is 55.0 Å². The Bertz CT molecular complexity index is 792. The van der Waals surface area contributed by atoms with E-state index in [-0.39, 0.29) is 18.0 Å². The topological polar surface area (TPSA) is 44.8 Å². The molecule has 0 saturated carbocycles. The van der Waals surface area contributed by atoms with Gasteiger partial charge in [0.15, 0.2) is 0 Å². The number of methoxy groups -OCH3 is 1. The van der Waals surface area contributed by atoms with E-state index in [0.29, 0.717) is 6.54 Å². The lowest BCUT2D eigenvalue weighted by molar-refractivity contribution is -0.125. The summed E-state index contributed by atoms with van der Waals surface area (Å²) < 4.78 is 5.42. The van der Waals surface area contributed by atoms with Crippen molar-refractivity contribution in [1.82, 2.24) is 15.1 Å². The van der Waals surface area contributed by atoms with Crippen LogP contribution in [0.3, 0.4) is 0 Å².